The van der Waals surface area contributed by atoms with E-state index >= 15 is 0 Å². The Labute approximate surface area is 147 Å². The van der Waals surface area contributed by atoms with Crippen LogP contribution < -0.4 is 5.84 Å². The Balaban J connectivity index is 3.00. The molecule has 0 aliphatic rings. The molecule has 0 aromatic carbocycles. The molecule has 0 aromatic rings. The highest BCUT2D eigenvalue weighted by molar-refractivity contribution is 4.50. The molecular formula is C21H47N2+. The van der Waals surface area contributed by atoms with E-state index < -0.39 is 0 Å². The maximum atomic E-state index is 5.94. The van der Waals surface area contributed by atoms with Crippen LogP contribution in [0.3, 0.4) is 0 Å². The van der Waals surface area contributed by atoms with E-state index in [1.54, 1.807) is 0 Å². The van der Waals surface area contributed by atoms with Crippen LogP contribution in [0.2, 0.25) is 0 Å². The largest absolute Gasteiger partial charge is 0.253 e. The second-order valence-electron chi connectivity index (χ2n) is 8.16. The lowest BCUT2D eigenvalue weighted by Gasteiger charge is -2.21. The number of nitrogens with zero attached hydrogens (tertiary/aromatic N) is 1. The first-order valence-corrected chi connectivity index (χ1v) is 10.7. The lowest BCUT2D eigenvalue weighted by atomic mass is 10.0. The minimum Gasteiger partial charge on any atom is -0.253 e. The van der Waals surface area contributed by atoms with Crippen molar-refractivity contribution < 1.29 is 4.59 Å². The van der Waals surface area contributed by atoms with Crippen molar-refractivity contribution in [3.8, 4) is 0 Å². The molecule has 2 nitrogen and oxygen atoms in total. The second-order valence-corrected chi connectivity index (χ2v) is 8.16. The average molecular weight is 328 g/mol. The Morgan fingerprint density at radius 1 is 0.478 bits per heavy atom. The molecule has 23 heavy (non-hydrogen) atoms. The van der Waals surface area contributed by atoms with Gasteiger partial charge in [0.25, 0.3) is 0 Å². The molecule has 2 heteroatoms. The summed E-state index contributed by atoms with van der Waals surface area (Å²) in [4.78, 5) is 0. The molecule has 0 amide bonds. The van der Waals surface area contributed by atoms with Gasteiger partial charge >= 0.3 is 0 Å². The Hall–Kier alpha value is -0.0800. The maximum absolute atomic E-state index is 5.94. The third-order valence-corrected chi connectivity index (χ3v) is 4.84. The van der Waals surface area contributed by atoms with Gasteiger partial charge in [0, 0.05) is 0 Å². The number of nitrogens with two attached hydrogens (primary N) is 1. The van der Waals surface area contributed by atoms with Crippen LogP contribution in [0.5, 0.6) is 0 Å². The molecule has 0 atom stereocenters. The van der Waals surface area contributed by atoms with Crippen LogP contribution in [-0.4, -0.2) is 25.2 Å². The van der Waals surface area contributed by atoms with Gasteiger partial charge in [0.2, 0.25) is 0 Å². The number of hydrogen-bond acceptors (Lipinski definition) is 1. The number of quaternary nitrogens is 1. The highest BCUT2D eigenvalue weighted by Crippen LogP contribution is 2.14. The summed E-state index contributed by atoms with van der Waals surface area (Å²) in [6, 6.07) is 0. The van der Waals surface area contributed by atoms with Gasteiger partial charge in [-0.25, -0.2) is 0 Å². The van der Waals surface area contributed by atoms with Gasteiger partial charge in [-0.2, -0.15) is 5.84 Å². The quantitative estimate of drug-likeness (QED) is 0.131. The van der Waals surface area contributed by atoms with E-state index in [9.17, 15) is 0 Å². The smallest absolute Gasteiger partial charge is 0.0955 e. The summed E-state index contributed by atoms with van der Waals surface area (Å²) in [6.07, 6.45) is 24.4. The Bertz CT molecular complexity index is 220. The van der Waals surface area contributed by atoms with Gasteiger partial charge in [-0.05, 0) is 12.8 Å². The van der Waals surface area contributed by atoms with Crippen LogP contribution in [0.25, 0.3) is 0 Å². The van der Waals surface area contributed by atoms with E-state index in [2.05, 4.69) is 21.0 Å². The minimum absolute atomic E-state index is 0.624. The Morgan fingerprint density at radius 2 is 0.739 bits per heavy atom. The summed E-state index contributed by atoms with van der Waals surface area (Å²) < 4.78 is 0.624. The van der Waals surface area contributed by atoms with Crippen LogP contribution in [0.1, 0.15) is 116 Å². The summed E-state index contributed by atoms with van der Waals surface area (Å²) in [5.74, 6) is 5.94. The van der Waals surface area contributed by atoms with Gasteiger partial charge in [-0.15, -0.1) is 0 Å². The van der Waals surface area contributed by atoms with Crippen molar-refractivity contribution in [2.45, 2.75) is 116 Å². The van der Waals surface area contributed by atoms with Gasteiger partial charge in [0.1, 0.15) is 0 Å². The number of rotatable bonds is 18. The van der Waals surface area contributed by atoms with Gasteiger partial charge in [0.05, 0.1) is 20.6 Å². The van der Waals surface area contributed by atoms with Crippen molar-refractivity contribution in [2.24, 2.45) is 5.84 Å². The molecule has 0 bridgehead atoms. The molecule has 0 fully saturated rings. The summed E-state index contributed by atoms with van der Waals surface area (Å²) >= 11 is 0. The van der Waals surface area contributed by atoms with E-state index in [-0.39, 0.29) is 0 Å². The van der Waals surface area contributed by atoms with Crippen LogP contribution in [-0.2, 0) is 0 Å². The fourth-order valence-corrected chi connectivity index (χ4v) is 3.24. The molecule has 0 heterocycles. The van der Waals surface area contributed by atoms with Crippen LogP contribution in [0.4, 0.5) is 0 Å². The molecule has 0 radical (unpaired) electrons. The zero-order valence-corrected chi connectivity index (χ0v) is 16.8. The summed E-state index contributed by atoms with van der Waals surface area (Å²) in [5.41, 5.74) is 0. The number of unbranched alkanes of at least 4 members (excludes halogenated alkanes) is 16. The lowest BCUT2D eigenvalue weighted by molar-refractivity contribution is -0.902. The van der Waals surface area contributed by atoms with Crippen molar-refractivity contribution in [3.63, 3.8) is 0 Å². The molecular weight excluding hydrogens is 280 g/mol. The summed E-state index contributed by atoms with van der Waals surface area (Å²) in [6.45, 7) is 3.40. The molecule has 0 saturated heterocycles. The molecule has 0 aromatic heterocycles. The standard InChI is InChI=1S/C21H47N2/c1-4-5-6-7-8-9-10-11-12-13-14-15-16-17-18-19-20-21-23(2,3)22/h4-22H2,1-3H3/q+1. The third kappa shape index (κ3) is 21.9. The molecule has 0 aliphatic heterocycles. The number of hydrogen-bond donors (Lipinski definition) is 1. The molecule has 0 rings (SSSR count). The predicted molar refractivity (Wildman–Crippen MR) is 105 cm³/mol. The van der Waals surface area contributed by atoms with Crippen molar-refractivity contribution >= 4 is 0 Å². The van der Waals surface area contributed by atoms with Gasteiger partial charge in [0.15, 0.2) is 0 Å². The summed E-state index contributed by atoms with van der Waals surface area (Å²) in [5, 5.41) is 0. The van der Waals surface area contributed by atoms with E-state index in [0.29, 0.717) is 4.59 Å². The molecule has 0 aliphatic carbocycles. The van der Waals surface area contributed by atoms with Crippen LogP contribution in [0.15, 0.2) is 0 Å². The van der Waals surface area contributed by atoms with Gasteiger partial charge < -0.3 is 0 Å². The van der Waals surface area contributed by atoms with Crippen molar-refractivity contribution in [3.05, 3.63) is 0 Å². The topological polar surface area (TPSA) is 26.0 Å². The zero-order chi connectivity index (χ0) is 17.2. The van der Waals surface area contributed by atoms with Crippen molar-refractivity contribution in [1.82, 2.24) is 0 Å². The first kappa shape index (κ1) is 22.9. The summed E-state index contributed by atoms with van der Waals surface area (Å²) in [7, 11) is 4.15. The van der Waals surface area contributed by atoms with Crippen molar-refractivity contribution in [2.75, 3.05) is 20.6 Å². The lowest BCUT2D eigenvalue weighted by Crippen LogP contribution is -2.47. The first-order valence-electron chi connectivity index (χ1n) is 10.7. The molecule has 140 valence electrons. The highest BCUT2D eigenvalue weighted by atomic mass is 15.5. The third-order valence-electron chi connectivity index (χ3n) is 4.84. The minimum atomic E-state index is 0.624. The van der Waals surface area contributed by atoms with Gasteiger partial charge in [-0.1, -0.05) is 103 Å². The SMILES string of the molecule is CCCCCCCCCCCCCCCCCCC[N+](C)(C)N. The maximum Gasteiger partial charge on any atom is 0.0955 e. The molecule has 0 spiro atoms. The van der Waals surface area contributed by atoms with E-state index in [1.165, 1.54) is 109 Å². The Kier molecular flexibility index (Phi) is 16.7. The predicted octanol–water partition coefficient (Wildman–Crippen LogP) is 6.59. The monoisotopic (exact) mass is 327 g/mol. The first-order chi connectivity index (χ1) is 11.1. The fraction of sp³-hybridized carbons (Fsp3) is 1.00. The molecule has 2 N–H and O–H groups in total. The fourth-order valence-electron chi connectivity index (χ4n) is 3.24. The second kappa shape index (κ2) is 16.8. The van der Waals surface area contributed by atoms with E-state index in [0.717, 1.165) is 6.54 Å². The Morgan fingerprint density at radius 3 is 1.00 bits per heavy atom. The van der Waals surface area contributed by atoms with Crippen LogP contribution in [0, 0.1) is 0 Å². The molecule has 0 unspecified atom stereocenters. The molecule has 0 saturated carbocycles. The van der Waals surface area contributed by atoms with E-state index in [1.807, 2.05) is 0 Å². The van der Waals surface area contributed by atoms with Crippen molar-refractivity contribution in [1.29, 1.82) is 0 Å². The highest BCUT2D eigenvalue weighted by Gasteiger charge is 2.06. The van der Waals surface area contributed by atoms with Gasteiger partial charge in [-0.3, -0.25) is 4.59 Å². The van der Waals surface area contributed by atoms with Crippen LogP contribution >= 0.6 is 0 Å². The zero-order valence-electron chi connectivity index (χ0n) is 16.8. The average Bonchev–Trinajstić information content (AvgIpc) is 2.49. The van der Waals surface area contributed by atoms with E-state index in [4.69, 9.17) is 5.84 Å². The normalized spacial score (nSPS) is 12.0.